The first kappa shape index (κ1) is 12.2. The number of carbonyl (C=O) groups is 1. The molecule has 0 aliphatic carbocycles. The molecular formula is C11H18O4. The van der Waals surface area contributed by atoms with Gasteiger partial charge in [-0.2, -0.15) is 0 Å². The van der Waals surface area contributed by atoms with Gasteiger partial charge < -0.3 is 14.2 Å². The second-order valence-electron chi connectivity index (χ2n) is 3.37. The first-order chi connectivity index (χ1) is 7.22. The summed E-state index contributed by atoms with van der Waals surface area (Å²) in [5.74, 6) is -0.230. The highest BCUT2D eigenvalue weighted by Crippen LogP contribution is 2.23. The minimum absolute atomic E-state index is 0.0791. The van der Waals surface area contributed by atoms with E-state index < -0.39 is 12.4 Å². The lowest BCUT2D eigenvalue weighted by atomic mass is 9.97. The molecule has 0 N–H and O–H groups in total. The quantitative estimate of drug-likeness (QED) is 0.525. The Morgan fingerprint density at radius 2 is 2.13 bits per heavy atom. The lowest BCUT2D eigenvalue weighted by Crippen LogP contribution is -2.39. The second kappa shape index (κ2) is 5.88. The molecule has 0 unspecified atom stereocenters. The van der Waals surface area contributed by atoms with Crippen LogP contribution in [-0.4, -0.2) is 32.1 Å². The number of hydrogen-bond donors (Lipinski definition) is 0. The molecule has 0 spiro atoms. The van der Waals surface area contributed by atoms with Crippen molar-refractivity contribution in [3.63, 3.8) is 0 Å². The molecule has 1 rings (SSSR count). The van der Waals surface area contributed by atoms with Crippen LogP contribution in [0.5, 0.6) is 0 Å². The van der Waals surface area contributed by atoms with Crippen molar-refractivity contribution in [2.45, 2.75) is 32.7 Å². The van der Waals surface area contributed by atoms with E-state index in [1.807, 2.05) is 19.1 Å². The Balaban J connectivity index is 2.67. The Morgan fingerprint density at radius 3 is 2.67 bits per heavy atom. The Hall–Kier alpha value is -0.870. The van der Waals surface area contributed by atoms with Gasteiger partial charge in [-0.05, 0) is 19.4 Å². The maximum absolute atomic E-state index is 11.6. The van der Waals surface area contributed by atoms with Crippen molar-refractivity contribution in [2.75, 3.05) is 13.7 Å². The number of esters is 1. The van der Waals surface area contributed by atoms with Gasteiger partial charge in [-0.3, -0.25) is 0 Å². The summed E-state index contributed by atoms with van der Waals surface area (Å²) in [7, 11) is 1.55. The molecule has 1 aliphatic rings. The summed E-state index contributed by atoms with van der Waals surface area (Å²) in [6, 6.07) is 0. The summed E-state index contributed by atoms with van der Waals surface area (Å²) in [4.78, 5) is 11.6. The lowest BCUT2D eigenvalue weighted by molar-refractivity contribution is -0.184. The molecule has 0 saturated carbocycles. The van der Waals surface area contributed by atoms with Gasteiger partial charge in [0.05, 0.1) is 6.61 Å². The van der Waals surface area contributed by atoms with Crippen LogP contribution in [0.1, 0.15) is 20.3 Å². The number of ether oxygens (including phenoxy) is 3. The Kier molecular flexibility index (Phi) is 4.78. The number of carbonyl (C=O) groups excluding carboxylic acids is 1. The van der Waals surface area contributed by atoms with Gasteiger partial charge in [-0.25, -0.2) is 4.79 Å². The third-order valence-corrected chi connectivity index (χ3v) is 2.41. The van der Waals surface area contributed by atoms with E-state index in [2.05, 4.69) is 0 Å². The molecule has 0 aromatic carbocycles. The summed E-state index contributed by atoms with van der Waals surface area (Å²) < 4.78 is 15.4. The first-order valence-corrected chi connectivity index (χ1v) is 5.26. The standard InChI is InChI=1S/C11H18O4/c1-4-8-6-7-9(13-3)15-10(8)11(12)14-5-2/h6-10H,4-5H2,1-3H3/t8-,9-,10+/m0/s1. The van der Waals surface area contributed by atoms with Gasteiger partial charge in [0.25, 0.3) is 0 Å². The van der Waals surface area contributed by atoms with Crippen LogP contribution < -0.4 is 0 Å². The molecule has 1 heterocycles. The smallest absolute Gasteiger partial charge is 0.335 e. The molecule has 0 aromatic rings. The third-order valence-electron chi connectivity index (χ3n) is 2.41. The summed E-state index contributed by atoms with van der Waals surface area (Å²) in [5.41, 5.74) is 0. The van der Waals surface area contributed by atoms with E-state index in [-0.39, 0.29) is 11.9 Å². The number of methoxy groups -OCH3 is 1. The van der Waals surface area contributed by atoms with E-state index in [1.54, 1.807) is 14.0 Å². The molecule has 0 fully saturated rings. The zero-order valence-electron chi connectivity index (χ0n) is 9.43. The first-order valence-electron chi connectivity index (χ1n) is 5.26. The molecule has 0 amide bonds. The molecule has 1 aliphatic heterocycles. The van der Waals surface area contributed by atoms with E-state index in [1.165, 1.54) is 0 Å². The van der Waals surface area contributed by atoms with E-state index in [0.717, 1.165) is 6.42 Å². The van der Waals surface area contributed by atoms with Gasteiger partial charge in [-0.1, -0.05) is 13.0 Å². The van der Waals surface area contributed by atoms with Crippen LogP contribution in [0.2, 0.25) is 0 Å². The molecule has 4 heteroatoms. The minimum Gasteiger partial charge on any atom is -0.464 e. The van der Waals surface area contributed by atoms with Crippen molar-refractivity contribution < 1.29 is 19.0 Å². The molecule has 0 aromatic heterocycles. The van der Waals surface area contributed by atoms with E-state index in [4.69, 9.17) is 14.2 Å². The SMILES string of the molecule is CCOC(=O)[C@@H]1O[C@H](OC)C=C[C@@H]1CC. The van der Waals surface area contributed by atoms with Gasteiger partial charge >= 0.3 is 5.97 Å². The highest BCUT2D eigenvalue weighted by molar-refractivity contribution is 5.75. The van der Waals surface area contributed by atoms with Crippen LogP contribution in [0, 0.1) is 5.92 Å². The Morgan fingerprint density at radius 1 is 1.40 bits per heavy atom. The van der Waals surface area contributed by atoms with Crippen molar-refractivity contribution >= 4 is 5.97 Å². The fourth-order valence-electron chi connectivity index (χ4n) is 1.56. The van der Waals surface area contributed by atoms with Crippen LogP contribution in [0.3, 0.4) is 0 Å². The third kappa shape index (κ3) is 3.04. The summed E-state index contributed by atoms with van der Waals surface area (Å²) in [6.45, 7) is 4.17. The topological polar surface area (TPSA) is 44.8 Å². The van der Waals surface area contributed by atoms with Crippen molar-refractivity contribution in [1.82, 2.24) is 0 Å². The predicted molar refractivity (Wildman–Crippen MR) is 55.2 cm³/mol. The maximum atomic E-state index is 11.6. The second-order valence-corrected chi connectivity index (χ2v) is 3.37. The predicted octanol–water partition coefficient (Wildman–Crippen LogP) is 1.50. The molecule has 86 valence electrons. The molecule has 0 bridgehead atoms. The van der Waals surface area contributed by atoms with Crippen LogP contribution >= 0.6 is 0 Å². The van der Waals surface area contributed by atoms with Crippen molar-refractivity contribution in [3.8, 4) is 0 Å². The van der Waals surface area contributed by atoms with E-state index in [9.17, 15) is 4.79 Å². The normalized spacial score (nSPS) is 30.2. The average Bonchev–Trinajstić information content (AvgIpc) is 2.28. The summed E-state index contributed by atoms with van der Waals surface area (Å²) >= 11 is 0. The maximum Gasteiger partial charge on any atom is 0.335 e. The molecule has 0 radical (unpaired) electrons. The van der Waals surface area contributed by atoms with Crippen molar-refractivity contribution in [1.29, 1.82) is 0 Å². The fourth-order valence-corrected chi connectivity index (χ4v) is 1.56. The van der Waals surface area contributed by atoms with Gasteiger partial charge in [0.15, 0.2) is 12.4 Å². The fraction of sp³-hybridized carbons (Fsp3) is 0.727. The molecule has 3 atom stereocenters. The monoisotopic (exact) mass is 214 g/mol. The van der Waals surface area contributed by atoms with E-state index >= 15 is 0 Å². The molecular weight excluding hydrogens is 196 g/mol. The van der Waals surface area contributed by atoms with Crippen LogP contribution in [0.4, 0.5) is 0 Å². The van der Waals surface area contributed by atoms with Gasteiger partial charge in [0.1, 0.15) is 0 Å². The van der Waals surface area contributed by atoms with Crippen molar-refractivity contribution in [2.24, 2.45) is 5.92 Å². The highest BCUT2D eigenvalue weighted by atomic mass is 16.7. The van der Waals surface area contributed by atoms with Crippen LogP contribution in [-0.2, 0) is 19.0 Å². The molecule has 0 saturated heterocycles. The molecule has 4 nitrogen and oxygen atoms in total. The zero-order chi connectivity index (χ0) is 11.3. The van der Waals surface area contributed by atoms with Gasteiger partial charge in [0.2, 0.25) is 0 Å². The number of rotatable bonds is 4. The largest absolute Gasteiger partial charge is 0.464 e. The highest BCUT2D eigenvalue weighted by Gasteiger charge is 2.32. The zero-order valence-corrected chi connectivity index (χ0v) is 9.43. The summed E-state index contributed by atoms with van der Waals surface area (Å²) in [6.07, 6.45) is 3.65. The Bertz CT molecular complexity index is 237. The van der Waals surface area contributed by atoms with Crippen LogP contribution in [0.25, 0.3) is 0 Å². The van der Waals surface area contributed by atoms with Crippen LogP contribution in [0.15, 0.2) is 12.2 Å². The Labute approximate surface area is 90.2 Å². The van der Waals surface area contributed by atoms with Crippen molar-refractivity contribution in [3.05, 3.63) is 12.2 Å². The summed E-state index contributed by atoms with van der Waals surface area (Å²) in [5, 5.41) is 0. The number of hydrogen-bond acceptors (Lipinski definition) is 4. The average molecular weight is 214 g/mol. The molecule has 15 heavy (non-hydrogen) atoms. The van der Waals surface area contributed by atoms with Gasteiger partial charge in [0, 0.05) is 13.0 Å². The minimum atomic E-state index is -0.537. The lowest BCUT2D eigenvalue weighted by Gasteiger charge is -2.29. The van der Waals surface area contributed by atoms with Gasteiger partial charge in [-0.15, -0.1) is 0 Å². The van der Waals surface area contributed by atoms with E-state index in [0.29, 0.717) is 6.61 Å².